The quantitative estimate of drug-likeness (QED) is 0.444. The van der Waals surface area contributed by atoms with Crippen LogP contribution >= 0.6 is 0 Å². The SMILES string of the molecule is [C-]#[N+]C1(c2ccc(OC/C=C/c3ccccc3)c([N+](=O)[O-])c2)CC1. The summed E-state index contributed by atoms with van der Waals surface area (Å²) in [6.07, 6.45) is 5.23. The highest BCUT2D eigenvalue weighted by Crippen LogP contribution is 2.50. The van der Waals surface area contributed by atoms with Crippen molar-refractivity contribution in [1.29, 1.82) is 0 Å². The first-order valence-electron chi connectivity index (χ1n) is 7.66. The van der Waals surface area contributed by atoms with Gasteiger partial charge in [0.25, 0.3) is 5.54 Å². The Hall–Kier alpha value is -3.13. The van der Waals surface area contributed by atoms with Gasteiger partial charge in [0.1, 0.15) is 6.61 Å². The summed E-state index contributed by atoms with van der Waals surface area (Å²) < 4.78 is 5.54. The Balaban J connectivity index is 1.72. The summed E-state index contributed by atoms with van der Waals surface area (Å²) in [5.74, 6) is 0.224. The molecule has 5 heteroatoms. The maximum atomic E-state index is 11.3. The van der Waals surface area contributed by atoms with E-state index >= 15 is 0 Å². The van der Waals surface area contributed by atoms with Crippen molar-refractivity contribution in [2.45, 2.75) is 18.4 Å². The van der Waals surface area contributed by atoms with Gasteiger partial charge in [0.15, 0.2) is 5.75 Å². The molecule has 2 aromatic carbocycles. The highest BCUT2D eigenvalue weighted by Gasteiger charge is 2.53. The number of rotatable bonds is 6. The lowest BCUT2D eigenvalue weighted by molar-refractivity contribution is -0.385. The first-order chi connectivity index (χ1) is 11.6. The first kappa shape index (κ1) is 15.8. The van der Waals surface area contributed by atoms with Crippen molar-refractivity contribution < 1.29 is 9.66 Å². The largest absolute Gasteiger partial charge is 0.483 e. The Bertz CT molecular complexity index is 818. The number of nitrogens with zero attached hydrogens (tertiary/aromatic N) is 2. The molecule has 3 rings (SSSR count). The molecular weight excluding hydrogens is 304 g/mol. The molecule has 0 heterocycles. The van der Waals surface area contributed by atoms with E-state index in [1.807, 2.05) is 42.5 Å². The molecule has 1 aliphatic rings. The molecule has 0 radical (unpaired) electrons. The van der Waals surface area contributed by atoms with Crippen LogP contribution in [-0.2, 0) is 5.54 Å². The van der Waals surface area contributed by atoms with Gasteiger partial charge in [-0.3, -0.25) is 10.1 Å². The Labute approximate surface area is 140 Å². The van der Waals surface area contributed by atoms with Crippen molar-refractivity contribution in [3.05, 3.63) is 87.3 Å². The fraction of sp³-hybridized carbons (Fsp3) is 0.211. The highest BCUT2D eigenvalue weighted by molar-refractivity contribution is 5.53. The van der Waals surface area contributed by atoms with E-state index in [1.165, 1.54) is 6.07 Å². The fourth-order valence-corrected chi connectivity index (χ4v) is 2.54. The van der Waals surface area contributed by atoms with Gasteiger partial charge in [0, 0.05) is 24.5 Å². The van der Waals surface area contributed by atoms with Crippen molar-refractivity contribution >= 4 is 11.8 Å². The van der Waals surface area contributed by atoms with Crippen LogP contribution in [0.5, 0.6) is 5.75 Å². The number of nitro groups is 1. The van der Waals surface area contributed by atoms with Crippen molar-refractivity contribution in [2.24, 2.45) is 0 Å². The molecule has 0 aliphatic heterocycles. The molecular formula is C19H16N2O3. The van der Waals surface area contributed by atoms with E-state index in [2.05, 4.69) is 4.85 Å². The van der Waals surface area contributed by atoms with Crippen molar-refractivity contribution in [1.82, 2.24) is 0 Å². The fourth-order valence-electron chi connectivity index (χ4n) is 2.54. The van der Waals surface area contributed by atoms with Gasteiger partial charge in [-0.2, -0.15) is 0 Å². The number of nitro benzene ring substituents is 1. The van der Waals surface area contributed by atoms with Crippen LogP contribution in [-0.4, -0.2) is 11.5 Å². The molecule has 0 N–H and O–H groups in total. The molecule has 120 valence electrons. The summed E-state index contributed by atoms with van der Waals surface area (Å²) in [4.78, 5) is 14.5. The highest BCUT2D eigenvalue weighted by atomic mass is 16.6. The third kappa shape index (κ3) is 3.28. The molecule has 2 aromatic rings. The van der Waals surface area contributed by atoms with Gasteiger partial charge in [-0.15, -0.1) is 0 Å². The summed E-state index contributed by atoms with van der Waals surface area (Å²) >= 11 is 0. The second-order valence-electron chi connectivity index (χ2n) is 5.71. The molecule has 1 aliphatic carbocycles. The van der Waals surface area contributed by atoms with Crippen LogP contribution in [0.1, 0.15) is 24.0 Å². The summed E-state index contributed by atoms with van der Waals surface area (Å²) in [5, 5.41) is 11.3. The van der Waals surface area contributed by atoms with Gasteiger partial charge >= 0.3 is 5.69 Å². The van der Waals surface area contributed by atoms with E-state index in [9.17, 15) is 10.1 Å². The van der Waals surface area contributed by atoms with Gasteiger partial charge in [-0.25, -0.2) is 6.57 Å². The Morgan fingerprint density at radius 1 is 1.25 bits per heavy atom. The van der Waals surface area contributed by atoms with Crippen molar-refractivity contribution in [3.8, 4) is 5.75 Å². The van der Waals surface area contributed by atoms with Crippen molar-refractivity contribution in [2.75, 3.05) is 6.61 Å². The summed E-state index contributed by atoms with van der Waals surface area (Å²) in [5.41, 5.74) is 1.10. The topological polar surface area (TPSA) is 56.7 Å². The molecule has 0 bridgehead atoms. The Morgan fingerprint density at radius 3 is 2.62 bits per heavy atom. The molecule has 0 unspecified atom stereocenters. The zero-order chi connectivity index (χ0) is 17.0. The van der Waals surface area contributed by atoms with Crippen LogP contribution in [0.25, 0.3) is 10.9 Å². The summed E-state index contributed by atoms with van der Waals surface area (Å²) in [7, 11) is 0. The van der Waals surface area contributed by atoms with E-state index in [0.717, 1.165) is 18.4 Å². The number of hydrogen-bond donors (Lipinski definition) is 0. The third-order valence-electron chi connectivity index (χ3n) is 4.08. The minimum absolute atomic E-state index is 0.0875. The van der Waals surface area contributed by atoms with Crippen LogP contribution in [0, 0.1) is 16.7 Å². The minimum atomic E-state index is -0.559. The van der Waals surface area contributed by atoms with E-state index in [-0.39, 0.29) is 18.0 Å². The number of ether oxygens (including phenoxy) is 1. The Kier molecular flexibility index (Phi) is 4.30. The van der Waals surface area contributed by atoms with E-state index in [0.29, 0.717) is 5.56 Å². The second-order valence-corrected chi connectivity index (χ2v) is 5.71. The molecule has 0 spiro atoms. The van der Waals surface area contributed by atoms with Crippen LogP contribution in [0.4, 0.5) is 5.69 Å². The van der Waals surface area contributed by atoms with Crippen LogP contribution < -0.4 is 4.74 Å². The molecule has 1 saturated carbocycles. The van der Waals surface area contributed by atoms with E-state index in [4.69, 9.17) is 11.3 Å². The van der Waals surface area contributed by atoms with Gasteiger partial charge in [0.05, 0.1) is 4.92 Å². The average molecular weight is 320 g/mol. The summed E-state index contributed by atoms with van der Waals surface area (Å²) in [6, 6.07) is 14.6. The van der Waals surface area contributed by atoms with Crippen LogP contribution in [0.2, 0.25) is 0 Å². The maximum absolute atomic E-state index is 11.3. The normalized spacial score (nSPS) is 15.0. The van der Waals surface area contributed by atoms with Gasteiger partial charge in [-0.05, 0) is 23.8 Å². The molecule has 5 nitrogen and oxygen atoms in total. The van der Waals surface area contributed by atoms with Gasteiger partial charge < -0.3 is 9.58 Å². The van der Waals surface area contributed by atoms with Gasteiger partial charge in [-0.1, -0.05) is 36.4 Å². The lowest BCUT2D eigenvalue weighted by Crippen LogP contribution is -2.03. The lowest BCUT2D eigenvalue weighted by atomic mass is 10.0. The number of benzene rings is 2. The molecule has 0 aromatic heterocycles. The number of hydrogen-bond acceptors (Lipinski definition) is 3. The minimum Gasteiger partial charge on any atom is -0.483 e. The van der Waals surface area contributed by atoms with Crippen molar-refractivity contribution in [3.63, 3.8) is 0 Å². The molecule has 1 fully saturated rings. The predicted octanol–water partition coefficient (Wildman–Crippen LogP) is 4.60. The van der Waals surface area contributed by atoms with E-state index in [1.54, 1.807) is 12.1 Å². The summed E-state index contributed by atoms with van der Waals surface area (Å²) in [6.45, 7) is 7.51. The molecule has 0 atom stereocenters. The molecule has 0 amide bonds. The van der Waals surface area contributed by atoms with E-state index < -0.39 is 10.5 Å². The standard InChI is InChI=1S/C19H16N2O3/c1-20-19(11-12-19)16-9-10-18(17(14-16)21(22)23)24-13-5-8-15-6-3-2-4-7-15/h2-10,14H,11-13H2/b8-5+. The molecule has 0 saturated heterocycles. The van der Waals surface area contributed by atoms with Crippen LogP contribution in [0.15, 0.2) is 54.6 Å². The van der Waals surface area contributed by atoms with Crippen LogP contribution in [0.3, 0.4) is 0 Å². The average Bonchev–Trinajstić information content (AvgIpc) is 3.41. The smallest absolute Gasteiger partial charge is 0.311 e. The monoisotopic (exact) mass is 320 g/mol. The predicted molar refractivity (Wildman–Crippen MR) is 91.6 cm³/mol. The zero-order valence-electron chi connectivity index (χ0n) is 13.0. The first-order valence-corrected chi connectivity index (χ1v) is 7.66. The maximum Gasteiger partial charge on any atom is 0.311 e. The lowest BCUT2D eigenvalue weighted by Gasteiger charge is -2.07. The third-order valence-corrected chi connectivity index (χ3v) is 4.08. The Morgan fingerprint density at radius 2 is 2.00 bits per heavy atom. The zero-order valence-corrected chi connectivity index (χ0v) is 13.0. The molecule has 24 heavy (non-hydrogen) atoms. The second kappa shape index (κ2) is 6.55. The van der Waals surface area contributed by atoms with Gasteiger partial charge in [0.2, 0.25) is 0 Å².